The van der Waals surface area contributed by atoms with Crippen LogP contribution in [-0.2, 0) is 18.4 Å². The summed E-state index contributed by atoms with van der Waals surface area (Å²) in [6, 6.07) is 3.37. The standard InChI is InChI=1S/C25H28F2N6O2/c1-15-12-33(16(2)34)14-21-23(15)30-25(24(29-21)17-11-28-31(3)13-17)32-8-6-19(7-9-32)35-22-5-4-18(26)10-20(22)27/h4-5,10-11,13,15,19H,6-9,12,14H2,1-3H3. The van der Waals surface area contributed by atoms with E-state index in [2.05, 4.69) is 16.9 Å². The second-order valence-corrected chi connectivity index (χ2v) is 9.31. The summed E-state index contributed by atoms with van der Waals surface area (Å²) in [5.41, 5.74) is 3.32. The van der Waals surface area contributed by atoms with E-state index in [0.29, 0.717) is 39.0 Å². The normalized spacial score (nSPS) is 18.5. The number of aryl methyl sites for hydroxylation is 1. The summed E-state index contributed by atoms with van der Waals surface area (Å²) >= 11 is 0. The van der Waals surface area contributed by atoms with Crippen LogP contribution in [-0.4, -0.2) is 56.3 Å². The molecule has 0 spiro atoms. The van der Waals surface area contributed by atoms with Gasteiger partial charge in [-0.1, -0.05) is 6.92 Å². The Morgan fingerprint density at radius 1 is 1.17 bits per heavy atom. The van der Waals surface area contributed by atoms with Crippen molar-refractivity contribution in [2.24, 2.45) is 7.05 Å². The maximum atomic E-state index is 14.0. The number of amides is 1. The number of hydrogen-bond donors (Lipinski definition) is 0. The van der Waals surface area contributed by atoms with Gasteiger partial charge in [0, 0.05) is 70.2 Å². The molecule has 10 heteroatoms. The van der Waals surface area contributed by atoms with E-state index in [1.807, 2.05) is 13.2 Å². The monoisotopic (exact) mass is 482 g/mol. The zero-order chi connectivity index (χ0) is 24.7. The predicted octanol–water partition coefficient (Wildman–Crippen LogP) is 3.67. The fourth-order valence-electron chi connectivity index (χ4n) is 4.78. The van der Waals surface area contributed by atoms with Crippen LogP contribution < -0.4 is 9.64 Å². The SMILES string of the molecule is CC(=O)N1Cc2nc(-c3cnn(C)c3)c(N3CCC(Oc4ccc(F)cc4F)CC3)nc2C(C)C1. The molecule has 1 fully saturated rings. The van der Waals surface area contributed by atoms with Gasteiger partial charge in [-0.15, -0.1) is 0 Å². The van der Waals surface area contributed by atoms with Crippen LogP contribution in [0.4, 0.5) is 14.6 Å². The van der Waals surface area contributed by atoms with Crippen molar-refractivity contribution in [3.8, 4) is 17.0 Å². The Morgan fingerprint density at radius 2 is 1.94 bits per heavy atom. The summed E-state index contributed by atoms with van der Waals surface area (Å²) in [5.74, 6) is -0.376. The van der Waals surface area contributed by atoms with Gasteiger partial charge in [0.05, 0.1) is 24.1 Å². The summed E-state index contributed by atoms with van der Waals surface area (Å²) < 4.78 is 34.8. The van der Waals surface area contributed by atoms with Gasteiger partial charge in [0.25, 0.3) is 0 Å². The highest BCUT2D eigenvalue weighted by atomic mass is 19.1. The van der Waals surface area contributed by atoms with Crippen molar-refractivity contribution < 1.29 is 18.3 Å². The Labute approximate surface area is 202 Å². The third-order valence-corrected chi connectivity index (χ3v) is 6.63. The molecule has 1 unspecified atom stereocenters. The van der Waals surface area contributed by atoms with Crippen molar-refractivity contribution in [3.05, 3.63) is 53.6 Å². The second kappa shape index (κ2) is 9.24. The highest BCUT2D eigenvalue weighted by Crippen LogP contribution is 2.35. The largest absolute Gasteiger partial charge is 0.487 e. The number of piperidine rings is 1. The molecule has 1 atom stereocenters. The van der Waals surface area contributed by atoms with Crippen LogP contribution in [0, 0.1) is 11.6 Å². The predicted molar refractivity (Wildman–Crippen MR) is 126 cm³/mol. The Bertz CT molecular complexity index is 1250. The average Bonchev–Trinajstić information content (AvgIpc) is 3.26. The van der Waals surface area contributed by atoms with Gasteiger partial charge in [0.1, 0.15) is 17.6 Å². The molecule has 2 aromatic heterocycles. The van der Waals surface area contributed by atoms with E-state index < -0.39 is 11.6 Å². The van der Waals surface area contributed by atoms with Crippen molar-refractivity contribution in [1.29, 1.82) is 0 Å². The number of benzene rings is 1. The van der Waals surface area contributed by atoms with E-state index in [1.165, 1.54) is 12.1 Å². The third kappa shape index (κ3) is 4.69. The van der Waals surface area contributed by atoms with Crippen molar-refractivity contribution >= 4 is 11.7 Å². The summed E-state index contributed by atoms with van der Waals surface area (Å²) in [4.78, 5) is 26.1. The third-order valence-electron chi connectivity index (χ3n) is 6.63. The number of hydrogen-bond acceptors (Lipinski definition) is 6. The smallest absolute Gasteiger partial charge is 0.219 e. The number of anilines is 1. The molecule has 0 saturated carbocycles. The molecule has 0 aliphatic carbocycles. The van der Waals surface area contributed by atoms with E-state index in [-0.39, 0.29) is 23.7 Å². The first-order chi connectivity index (χ1) is 16.8. The molecule has 0 radical (unpaired) electrons. The quantitative estimate of drug-likeness (QED) is 0.565. The van der Waals surface area contributed by atoms with Crippen LogP contribution >= 0.6 is 0 Å². The van der Waals surface area contributed by atoms with Crippen LogP contribution in [0.3, 0.4) is 0 Å². The lowest BCUT2D eigenvalue weighted by atomic mass is 9.99. The molecule has 3 aromatic rings. The Hall–Kier alpha value is -3.56. The lowest BCUT2D eigenvalue weighted by molar-refractivity contribution is -0.130. The number of aromatic nitrogens is 4. The van der Waals surface area contributed by atoms with Gasteiger partial charge >= 0.3 is 0 Å². The van der Waals surface area contributed by atoms with Crippen LogP contribution in [0.2, 0.25) is 0 Å². The molecule has 1 amide bonds. The Balaban J connectivity index is 1.41. The summed E-state index contributed by atoms with van der Waals surface area (Å²) in [6.45, 7) is 6.00. The molecule has 1 saturated heterocycles. The van der Waals surface area contributed by atoms with Gasteiger partial charge in [-0.3, -0.25) is 9.48 Å². The van der Waals surface area contributed by atoms with E-state index in [0.717, 1.165) is 34.5 Å². The van der Waals surface area contributed by atoms with Gasteiger partial charge in [-0.25, -0.2) is 18.7 Å². The zero-order valence-electron chi connectivity index (χ0n) is 20.0. The lowest BCUT2D eigenvalue weighted by Crippen LogP contribution is -2.40. The molecule has 8 nitrogen and oxygen atoms in total. The highest BCUT2D eigenvalue weighted by Gasteiger charge is 2.31. The van der Waals surface area contributed by atoms with Crippen LogP contribution in [0.1, 0.15) is 44.0 Å². The van der Waals surface area contributed by atoms with Crippen molar-refractivity contribution in [2.75, 3.05) is 24.5 Å². The number of rotatable bonds is 4. The molecule has 0 N–H and O–H groups in total. The summed E-state index contributed by atoms with van der Waals surface area (Å²) in [6.07, 6.45) is 4.82. The molecule has 184 valence electrons. The number of carbonyl (C=O) groups excluding carboxylic acids is 1. The Kier molecular flexibility index (Phi) is 6.12. The molecule has 1 aromatic carbocycles. The fraction of sp³-hybridized carbons (Fsp3) is 0.440. The van der Waals surface area contributed by atoms with E-state index in [9.17, 15) is 13.6 Å². The lowest BCUT2D eigenvalue weighted by Gasteiger charge is -2.36. The van der Waals surface area contributed by atoms with Gasteiger partial charge in [-0.2, -0.15) is 5.10 Å². The number of nitrogens with zero attached hydrogens (tertiary/aromatic N) is 6. The molecule has 35 heavy (non-hydrogen) atoms. The van der Waals surface area contributed by atoms with Gasteiger partial charge in [-0.05, 0) is 12.1 Å². The van der Waals surface area contributed by atoms with Crippen molar-refractivity contribution in [2.45, 2.75) is 45.3 Å². The number of carbonyl (C=O) groups is 1. The molecular formula is C25H28F2N6O2. The number of halogens is 2. The molecule has 0 bridgehead atoms. The topological polar surface area (TPSA) is 76.4 Å². The Morgan fingerprint density at radius 3 is 2.60 bits per heavy atom. The number of fused-ring (bicyclic) bond motifs is 1. The molecule has 4 heterocycles. The maximum Gasteiger partial charge on any atom is 0.219 e. The fourth-order valence-corrected chi connectivity index (χ4v) is 4.78. The highest BCUT2D eigenvalue weighted by molar-refractivity contribution is 5.75. The summed E-state index contributed by atoms with van der Waals surface area (Å²) in [7, 11) is 1.85. The maximum absolute atomic E-state index is 14.0. The van der Waals surface area contributed by atoms with Gasteiger partial charge in [0.2, 0.25) is 5.91 Å². The van der Waals surface area contributed by atoms with E-state index >= 15 is 0 Å². The minimum atomic E-state index is -0.694. The molecule has 2 aliphatic heterocycles. The van der Waals surface area contributed by atoms with E-state index in [4.69, 9.17) is 14.7 Å². The number of ether oxygens (including phenoxy) is 1. The van der Waals surface area contributed by atoms with Gasteiger partial charge < -0.3 is 14.5 Å². The molecular weight excluding hydrogens is 454 g/mol. The van der Waals surface area contributed by atoms with Gasteiger partial charge in [0.15, 0.2) is 17.4 Å². The molecule has 2 aliphatic rings. The minimum Gasteiger partial charge on any atom is -0.487 e. The van der Waals surface area contributed by atoms with Crippen LogP contribution in [0.5, 0.6) is 5.75 Å². The minimum absolute atomic E-state index is 0.0240. The second-order valence-electron chi connectivity index (χ2n) is 9.31. The van der Waals surface area contributed by atoms with Crippen LogP contribution in [0.25, 0.3) is 11.3 Å². The average molecular weight is 483 g/mol. The van der Waals surface area contributed by atoms with Crippen molar-refractivity contribution in [1.82, 2.24) is 24.6 Å². The summed E-state index contributed by atoms with van der Waals surface area (Å²) in [5, 5.41) is 4.31. The first-order valence-electron chi connectivity index (χ1n) is 11.8. The molecule has 5 rings (SSSR count). The van der Waals surface area contributed by atoms with E-state index in [1.54, 1.807) is 22.7 Å². The van der Waals surface area contributed by atoms with Crippen molar-refractivity contribution in [3.63, 3.8) is 0 Å². The zero-order valence-corrected chi connectivity index (χ0v) is 20.0. The first-order valence-corrected chi connectivity index (χ1v) is 11.8. The first kappa shape index (κ1) is 23.2. The van der Waals surface area contributed by atoms with Crippen LogP contribution in [0.15, 0.2) is 30.6 Å².